The monoisotopic (exact) mass is 317 g/mol. The van der Waals surface area contributed by atoms with Crippen LogP contribution in [-0.4, -0.2) is 19.0 Å². The molecule has 0 amide bonds. The van der Waals surface area contributed by atoms with E-state index >= 15 is 0 Å². The van der Waals surface area contributed by atoms with Crippen LogP contribution in [0.25, 0.3) is 0 Å². The molecule has 21 heavy (non-hydrogen) atoms. The van der Waals surface area contributed by atoms with Crippen LogP contribution in [0.15, 0.2) is 46.2 Å². The number of para-hydroxylation sites is 1. The van der Waals surface area contributed by atoms with Crippen molar-refractivity contribution in [3.8, 4) is 6.07 Å². The van der Waals surface area contributed by atoms with Crippen LogP contribution in [0.3, 0.4) is 0 Å². The van der Waals surface area contributed by atoms with Gasteiger partial charge in [-0.1, -0.05) is 35.5 Å². The maximum atomic E-state index is 9.13. The molecule has 0 fully saturated rings. The van der Waals surface area contributed by atoms with Crippen molar-refractivity contribution in [2.75, 3.05) is 19.8 Å². The standard InChI is InChI=1S/C16H16ClN3S/c1-20(2)10-12-7-11(9-18)13(17)8-16(12)21-15-6-4-3-5-14(15)19/h3-8H,10,19H2,1-2H3. The van der Waals surface area contributed by atoms with Gasteiger partial charge in [0.25, 0.3) is 0 Å². The molecule has 0 saturated carbocycles. The molecule has 0 aliphatic rings. The van der Waals surface area contributed by atoms with E-state index in [1.165, 1.54) is 0 Å². The Bertz CT molecular complexity index is 692. The molecule has 0 atom stereocenters. The minimum absolute atomic E-state index is 0.469. The molecule has 0 aliphatic carbocycles. The number of nitrogens with zero attached hydrogens (tertiary/aromatic N) is 2. The van der Waals surface area contributed by atoms with Gasteiger partial charge in [0, 0.05) is 22.0 Å². The van der Waals surface area contributed by atoms with E-state index < -0.39 is 0 Å². The van der Waals surface area contributed by atoms with E-state index in [0.29, 0.717) is 10.6 Å². The fourth-order valence-corrected chi connectivity index (χ4v) is 3.21. The normalized spacial score (nSPS) is 10.6. The van der Waals surface area contributed by atoms with Crippen LogP contribution in [0.2, 0.25) is 5.02 Å². The van der Waals surface area contributed by atoms with Gasteiger partial charge in [0.2, 0.25) is 0 Å². The number of benzene rings is 2. The van der Waals surface area contributed by atoms with E-state index in [-0.39, 0.29) is 0 Å². The van der Waals surface area contributed by atoms with Crippen LogP contribution in [0.1, 0.15) is 11.1 Å². The third-order valence-corrected chi connectivity index (χ3v) is 4.40. The molecule has 0 radical (unpaired) electrons. The Morgan fingerprint density at radius 3 is 2.57 bits per heavy atom. The first-order chi connectivity index (χ1) is 10.0. The lowest BCUT2D eigenvalue weighted by Crippen LogP contribution is -2.11. The number of nitrogen functional groups attached to an aromatic ring is 1. The smallest absolute Gasteiger partial charge is 0.101 e. The lowest BCUT2D eigenvalue weighted by Gasteiger charge is -2.15. The number of hydrogen-bond acceptors (Lipinski definition) is 4. The van der Waals surface area contributed by atoms with Gasteiger partial charge in [-0.15, -0.1) is 0 Å². The second-order valence-corrected chi connectivity index (χ2v) is 6.42. The van der Waals surface area contributed by atoms with E-state index in [4.69, 9.17) is 22.6 Å². The quantitative estimate of drug-likeness (QED) is 0.866. The van der Waals surface area contributed by atoms with E-state index in [2.05, 4.69) is 11.0 Å². The summed E-state index contributed by atoms with van der Waals surface area (Å²) in [5, 5.41) is 9.60. The zero-order valence-corrected chi connectivity index (χ0v) is 13.5. The summed E-state index contributed by atoms with van der Waals surface area (Å²) in [5.41, 5.74) is 8.30. The largest absolute Gasteiger partial charge is 0.398 e. The molecule has 2 aromatic rings. The highest BCUT2D eigenvalue weighted by molar-refractivity contribution is 7.99. The average molecular weight is 318 g/mol. The molecule has 0 aromatic heterocycles. The SMILES string of the molecule is CN(C)Cc1cc(C#N)c(Cl)cc1Sc1ccccc1N. The predicted octanol–water partition coefficient (Wildman–Crippen LogP) is 4.01. The van der Waals surface area contributed by atoms with E-state index in [9.17, 15) is 0 Å². The third kappa shape index (κ3) is 3.92. The summed E-state index contributed by atoms with van der Waals surface area (Å²) in [6.07, 6.45) is 0. The average Bonchev–Trinajstić information content (AvgIpc) is 2.43. The summed E-state index contributed by atoms with van der Waals surface area (Å²) in [6.45, 7) is 0.737. The second kappa shape index (κ2) is 6.86. The van der Waals surface area contributed by atoms with Gasteiger partial charge >= 0.3 is 0 Å². The molecule has 2 N–H and O–H groups in total. The molecule has 5 heteroatoms. The van der Waals surface area contributed by atoms with Crippen LogP contribution in [0.4, 0.5) is 5.69 Å². The minimum Gasteiger partial charge on any atom is -0.398 e. The molecule has 0 spiro atoms. The summed E-state index contributed by atoms with van der Waals surface area (Å²) in [4.78, 5) is 4.06. The van der Waals surface area contributed by atoms with Gasteiger partial charge in [0.05, 0.1) is 10.6 Å². The highest BCUT2D eigenvalue weighted by atomic mass is 35.5. The van der Waals surface area contributed by atoms with Crippen molar-refractivity contribution in [1.29, 1.82) is 5.26 Å². The first-order valence-corrected chi connectivity index (χ1v) is 7.60. The topological polar surface area (TPSA) is 53.0 Å². The molecular weight excluding hydrogens is 302 g/mol. The summed E-state index contributed by atoms with van der Waals surface area (Å²) in [5.74, 6) is 0. The van der Waals surface area contributed by atoms with Gasteiger partial charge in [-0.2, -0.15) is 5.26 Å². The Kier molecular flexibility index (Phi) is 5.13. The van der Waals surface area contributed by atoms with Gasteiger partial charge < -0.3 is 10.6 Å². The molecule has 0 heterocycles. The van der Waals surface area contributed by atoms with Crippen molar-refractivity contribution in [2.45, 2.75) is 16.3 Å². The zero-order chi connectivity index (χ0) is 15.4. The number of hydrogen-bond donors (Lipinski definition) is 1. The molecule has 108 valence electrons. The Labute approximate surface area is 134 Å². The molecule has 3 nitrogen and oxygen atoms in total. The van der Waals surface area contributed by atoms with E-state index in [1.807, 2.05) is 50.5 Å². The highest BCUT2D eigenvalue weighted by Crippen LogP contribution is 2.36. The van der Waals surface area contributed by atoms with Gasteiger partial charge in [-0.05, 0) is 43.9 Å². The summed E-state index contributed by atoms with van der Waals surface area (Å²) < 4.78 is 0. The number of nitriles is 1. The number of anilines is 1. The Balaban J connectivity index is 2.44. The molecule has 0 aliphatic heterocycles. The van der Waals surface area contributed by atoms with Crippen LogP contribution < -0.4 is 5.73 Å². The lowest BCUT2D eigenvalue weighted by molar-refractivity contribution is 0.399. The van der Waals surface area contributed by atoms with Crippen molar-refractivity contribution in [3.63, 3.8) is 0 Å². The van der Waals surface area contributed by atoms with Gasteiger partial charge in [0.15, 0.2) is 0 Å². The van der Waals surface area contributed by atoms with Crippen LogP contribution >= 0.6 is 23.4 Å². The van der Waals surface area contributed by atoms with Gasteiger partial charge in [-0.25, -0.2) is 0 Å². The first kappa shape index (κ1) is 15.7. The second-order valence-electron chi connectivity index (χ2n) is 4.93. The lowest BCUT2D eigenvalue weighted by atomic mass is 10.1. The predicted molar refractivity (Wildman–Crippen MR) is 88.5 cm³/mol. The van der Waals surface area contributed by atoms with Crippen LogP contribution in [0, 0.1) is 11.3 Å². The number of nitrogens with two attached hydrogens (primary N) is 1. The Morgan fingerprint density at radius 1 is 1.24 bits per heavy atom. The highest BCUT2D eigenvalue weighted by Gasteiger charge is 2.12. The summed E-state index contributed by atoms with van der Waals surface area (Å²) >= 11 is 7.73. The van der Waals surface area contributed by atoms with Crippen LogP contribution in [0.5, 0.6) is 0 Å². The number of halogens is 1. The molecule has 2 rings (SSSR count). The minimum atomic E-state index is 0.469. The Hall–Kier alpha value is -1.67. The number of rotatable bonds is 4. The molecule has 0 bridgehead atoms. The van der Waals surface area contributed by atoms with Crippen molar-refractivity contribution >= 4 is 29.1 Å². The van der Waals surface area contributed by atoms with Crippen molar-refractivity contribution in [3.05, 3.63) is 52.5 Å². The summed E-state index contributed by atoms with van der Waals surface area (Å²) in [7, 11) is 3.98. The maximum Gasteiger partial charge on any atom is 0.101 e. The fourth-order valence-electron chi connectivity index (χ4n) is 1.94. The van der Waals surface area contributed by atoms with Crippen LogP contribution in [-0.2, 0) is 6.54 Å². The van der Waals surface area contributed by atoms with Crippen molar-refractivity contribution in [2.24, 2.45) is 0 Å². The fraction of sp³-hybridized carbons (Fsp3) is 0.188. The first-order valence-electron chi connectivity index (χ1n) is 6.41. The summed E-state index contributed by atoms with van der Waals surface area (Å²) in [6, 6.07) is 13.5. The zero-order valence-electron chi connectivity index (χ0n) is 11.9. The molecule has 0 unspecified atom stereocenters. The Morgan fingerprint density at radius 2 is 1.95 bits per heavy atom. The maximum absolute atomic E-state index is 9.13. The van der Waals surface area contributed by atoms with E-state index in [1.54, 1.807) is 11.8 Å². The van der Waals surface area contributed by atoms with Crippen molar-refractivity contribution in [1.82, 2.24) is 4.90 Å². The molecule has 2 aromatic carbocycles. The molecular formula is C16H16ClN3S. The molecule has 0 saturated heterocycles. The third-order valence-electron chi connectivity index (χ3n) is 2.90. The van der Waals surface area contributed by atoms with Gasteiger partial charge in [0.1, 0.15) is 6.07 Å². The van der Waals surface area contributed by atoms with E-state index in [0.717, 1.165) is 27.6 Å². The van der Waals surface area contributed by atoms with Crippen molar-refractivity contribution < 1.29 is 0 Å². The van der Waals surface area contributed by atoms with Gasteiger partial charge in [-0.3, -0.25) is 0 Å².